The van der Waals surface area contributed by atoms with E-state index in [0.717, 1.165) is 0 Å². The number of aromatic nitrogens is 1. The topological polar surface area (TPSA) is 101 Å². The fourth-order valence-corrected chi connectivity index (χ4v) is 2.78. The Hall–Kier alpha value is -3.48. The van der Waals surface area contributed by atoms with E-state index >= 15 is 0 Å². The number of aromatic amines is 1. The predicted molar refractivity (Wildman–Crippen MR) is 95.7 cm³/mol. The number of nitrogens with one attached hydrogen (secondary N) is 2. The molecule has 3 aromatic rings. The molecule has 1 aromatic heterocycles. The van der Waals surface area contributed by atoms with E-state index in [-0.39, 0.29) is 5.69 Å². The van der Waals surface area contributed by atoms with E-state index in [1.165, 1.54) is 14.2 Å². The SMILES string of the molecule is COc1ccc(OC)c2[nH]c(C(=O)N[C@@H](C(=O)O)c3ccccc3)cc12. The second kappa shape index (κ2) is 7.18. The van der Waals surface area contributed by atoms with E-state index in [1.807, 2.05) is 0 Å². The highest BCUT2D eigenvalue weighted by atomic mass is 16.5. The van der Waals surface area contributed by atoms with Gasteiger partial charge in [-0.1, -0.05) is 30.3 Å². The maximum absolute atomic E-state index is 12.6. The van der Waals surface area contributed by atoms with Gasteiger partial charge in [0.1, 0.15) is 17.2 Å². The van der Waals surface area contributed by atoms with Crippen LogP contribution in [0.4, 0.5) is 0 Å². The van der Waals surface area contributed by atoms with Gasteiger partial charge in [0.2, 0.25) is 0 Å². The number of carboxylic acids is 1. The number of benzene rings is 2. The van der Waals surface area contributed by atoms with Gasteiger partial charge in [0.25, 0.3) is 5.91 Å². The third-order valence-corrected chi connectivity index (χ3v) is 4.06. The van der Waals surface area contributed by atoms with Crippen LogP contribution < -0.4 is 14.8 Å². The number of ether oxygens (including phenoxy) is 2. The maximum atomic E-state index is 12.6. The zero-order valence-electron chi connectivity index (χ0n) is 14.3. The average molecular weight is 354 g/mol. The Morgan fingerprint density at radius 3 is 2.31 bits per heavy atom. The van der Waals surface area contributed by atoms with Crippen LogP contribution in [0, 0.1) is 0 Å². The number of carbonyl (C=O) groups excluding carboxylic acids is 1. The number of rotatable bonds is 6. The van der Waals surface area contributed by atoms with Gasteiger partial charge in [-0.25, -0.2) is 4.79 Å². The van der Waals surface area contributed by atoms with Crippen LogP contribution in [0.2, 0.25) is 0 Å². The van der Waals surface area contributed by atoms with E-state index in [2.05, 4.69) is 10.3 Å². The van der Waals surface area contributed by atoms with Crippen LogP contribution >= 0.6 is 0 Å². The summed E-state index contributed by atoms with van der Waals surface area (Å²) in [6, 6.07) is 12.4. The Morgan fingerprint density at radius 2 is 1.69 bits per heavy atom. The van der Waals surface area contributed by atoms with Gasteiger partial charge in [0.15, 0.2) is 6.04 Å². The second-order valence-corrected chi connectivity index (χ2v) is 5.60. The number of hydrogen-bond acceptors (Lipinski definition) is 4. The fourth-order valence-electron chi connectivity index (χ4n) is 2.78. The number of carboxylic acid groups (broad SMARTS) is 1. The van der Waals surface area contributed by atoms with Crippen LogP contribution in [0.3, 0.4) is 0 Å². The Kier molecular flexibility index (Phi) is 4.79. The molecule has 0 unspecified atom stereocenters. The molecule has 1 heterocycles. The number of carbonyl (C=O) groups is 2. The van der Waals surface area contributed by atoms with Crippen LogP contribution in [0.1, 0.15) is 22.1 Å². The molecular formula is C19H18N2O5. The quantitative estimate of drug-likeness (QED) is 0.632. The Balaban J connectivity index is 1.95. The normalized spacial score (nSPS) is 11.8. The number of amides is 1. The highest BCUT2D eigenvalue weighted by Crippen LogP contribution is 2.33. The van der Waals surface area contributed by atoms with Gasteiger partial charge in [0.05, 0.1) is 19.7 Å². The van der Waals surface area contributed by atoms with Crippen molar-refractivity contribution in [3.63, 3.8) is 0 Å². The highest BCUT2D eigenvalue weighted by Gasteiger charge is 2.24. The van der Waals surface area contributed by atoms with Crippen molar-refractivity contribution in [2.24, 2.45) is 0 Å². The first-order chi connectivity index (χ1) is 12.5. The molecule has 3 N–H and O–H groups in total. The zero-order valence-corrected chi connectivity index (χ0v) is 14.3. The van der Waals surface area contributed by atoms with E-state index in [0.29, 0.717) is 28.0 Å². The Labute approximate surface area is 149 Å². The van der Waals surface area contributed by atoms with Crippen molar-refractivity contribution in [1.29, 1.82) is 0 Å². The van der Waals surface area contributed by atoms with Crippen molar-refractivity contribution >= 4 is 22.8 Å². The molecule has 0 saturated heterocycles. The molecule has 0 fully saturated rings. The summed E-state index contributed by atoms with van der Waals surface area (Å²) in [6.45, 7) is 0. The number of hydrogen-bond donors (Lipinski definition) is 3. The lowest BCUT2D eigenvalue weighted by Gasteiger charge is -2.14. The molecule has 0 saturated carbocycles. The van der Waals surface area contributed by atoms with Crippen molar-refractivity contribution in [1.82, 2.24) is 10.3 Å². The average Bonchev–Trinajstić information content (AvgIpc) is 3.11. The molecule has 7 heteroatoms. The standard InChI is InChI=1S/C19H18N2O5/c1-25-14-8-9-15(26-2)17-12(14)10-13(20-17)18(22)21-16(19(23)24)11-6-4-3-5-7-11/h3-10,16,20H,1-2H3,(H,21,22)(H,23,24)/t16-/m1/s1. The minimum atomic E-state index is -1.15. The minimum Gasteiger partial charge on any atom is -0.496 e. The van der Waals surface area contributed by atoms with Crippen LogP contribution in [-0.4, -0.2) is 36.2 Å². The molecule has 1 atom stereocenters. The van der Waals surface area contributed by atoms with E-state index in [4.69, 9.17) is 9.47 Å². The van der Waals surface area contributed by atoms with Crippen molar-refractivity contribution < 1.29 is 24.2 Å². The summed E-state index contributed by atoms with van der Waals surface area (Å²) in [5.74, 6) is -0.552. The molecule has 0 bridgehead atoms. The summed E-state index contributed by atoms with van der Waals surface area (Å²) in [4.78, 5) is 27.2. The maximum Gasteiger partial charge on any atom is 0.330 e. The smallest absolute Gasteiger partial charge is 0.330 e. The molecule has 0 aliphatic carbocycles. The third-order valence-electron chi connectivity index (χ3n) is 4.06. The first-order valence-corrected chi connectivity index (χ1v) is 7.87. The van der Waals surface area contributed by atoms with Crippen molar-refractivity contribution in [3.05, 3.63) is 59.8 Å². The van der Waals surface area contributed by atoms with Gasteiger partial charge in [-0.3, -0.25) is 4.79 Å². The van der Waals surface area contributed by atoms with Crippen LogP contribution in [0.15, 0.2) is 48.5 Å². The lowest BCUT2D eigenvalue weighted by molar-refractivity contribution is -0.139. The monoisotopic (exact) mass is 354 g/mol. The molecule has 134 valence electrons. The van der Waals surface area contributed by atoms with Gasteiger partial charge in [-0.2, -0.15) is 0 Å². The summed E-state index contributed by atoms with van der Waals surface area (Å²) >= 11 is 0. The summed E-state index contributed by atoms with van der Waals surface area (Å²) in [7, 11) is 3.06. The first-order valence-electron chi connectivity index (χ1n) is 7.87. The molecule has 2 aromatic carbocycles. The minimum absolute atomic E-state index is 0.213. The molecule has 0 spiro atoms. The summed E-state index contributed by atoms with van der Waals surface area (Å²) in [6.07, 6.45) is 0. The van der Waals surface area contributed by atoms with Gasteiger partial charge in [-0.15, -0.1) is 0 Å². The molecule has 7 nitrogen and oxygen atoms in total. The molecule has 26 heavy (non-hydrogen) atoms. The van der Waals surface area contributed by atoms with Crippen LogP contribution in [0.5, 0.6) is 11.5 Å². The van der Waals surface area contributed by atoms with E-state index in [1.54, 1.807) is 48.5 Å². The summed E-state index contributed by atoms with van der Waals surface area (Å²) in [5.41, 5.74) is 1.30. The number of H-pyrrole nitrogens is 1. The molecular weight excluding hydrogens is 336 g/mol. The van der Waals surface area contributed by atoms with Gasteiger partial charge in [0, 0.05) is 5.39 Å². The molecule has 0 radical (unpaired) electrons. The first kappa shape index (κ1) is 17.3. The number of methoxy groups -OCH3 is 2. The van der Waals surface area contributed by atoms with E-state index in [9.17, 15) is 14.7 Å². The number of aliphatic carboxylic acids is 1. The largest absolute Gasteiger partial charge is 0.496 e. The third kappa shape index (κ3) is 3.19. The Morgan fingerprint density at radius 1 is 1.04 bits per heavy atom. The summed E-state index contributed by atoms with van der Waals surface area (Å²) < 4.78 is 10.6. The second-order valence-electron chi connectivity index (χ2n) is 5.60. The predicted octanol–water partition coefficient (Wildman–Crippen LogP) is 2.74. The molecule has 0 aliphatic heterocycles. The molecule has 0 aliphatic rings. The lowest BCUT2D eigenvalue weighted by Crippen LogP contribution is -2.33. The van der Waals surface area contributed by atoms with Crippen LogP contribution in [-0.2, 0) is 4.79 Å². The zero-order chi connectivity index (χ0) is 18.7. The molecule has 3 rings (SSSR count). The van der Waals surface area contributed by atoms with E-state index < -0.39 is 17.9 Å². The fraction of sp³-hybridized carbons (Fsp3) is 0.158. The highest BCUT2D eigenvalue weighted by molar-refractivity contribution is 6.02. The Bertz CT molecular complexity index is 908. The van der Waals surface area contributed by atoms with Crippen LogP contribution in [0.25, 0.3) is 10.9 Å². The van der Waals surface area contributed by atoms with Crippen molar-refractivity contribution in [3.8, 4) is 11.5 Å². The molecule has 1 amide bonds. The van der Waals surface area contributed by atoms with Gasteiger partial charge < -0.3 is 24.9 Å². The van der Waals surface area contributed by atoms with Crippen molar-refractivity contribution in [2.45, 2.75) is 6.04 Å². The number of fused-ring (bicyclic) bond motifs is 1. The van der Waals surface area contributed by atoms with Gasteiger partial charge >= 0.3 is 5.97 Å². The van der Waals surface area contributed by atoms with Gasteiger partial charge in [-0.05, 0) is 23.8 Å². The lowest BCUT2D eigenvalue weighted by atomic mass is 10.1. The van der Waals surface area contributed by atoms with Crippen molar-refractivity contribution in [2.75, 3.05) is 14.2 Å². The summed E-state index contributed by atoms with van der Waals surface area (Å²) in [5, 5.41) is 12.7.